The van der Waals surface area contributed by atoms with Gasteiger partial charge in [-0.15, -0.1) is 0 Å². The van der Waals surface area contributed by atoms with Gasteiger partial charge in [-0.05, 0) is 74.6 Å². The molecule has 4 aromatic rings. The van der Waals surface area contributed by atoms with Gasteiger partial charge in [-0.3, -0.25) is 9.88 Å². The lowest BCUT2D eigenvalue weighted by molar-refractivity contribution is -0.137. The zero-order valence-corrected chi connectivity index (χ0v) is 21.9. The van der Waals surface area contributed by atoms with Crippen LogP contribution in [0, 0.1) is 0 Å². The molecule has 2 atom stereocenters. The lowest BCUT2D eigenvalue weighted by Gasteiger charge is -2.34. The molecule has 1 saturated carbocycles. The Morgan fingerprint density at radius 3 is 2.41 bits per heavy atom. The maximum Gasteiger partial charge on any atom is 0.418 e. The third kappa shape index (κ3) is 5.74. The number of hydrogen-bond donors (Lipinski definition) is 1. The van der Waals surface area contributed by atoms with Crippen LogP contribution in [-0.2, 0) is 17.5 Å². The highest BCUT2D eigenvalue weighted by Crippen LogP contribution is 2.41. The molecule has 2 unspecified atom stereocenters. The molecule has 202 valence electrons. The standard InChI is InChI=1S/C30H30F3N5O/c1-18-15-38(16-19(2)39-18)17-27-36-26-14-22(28-25(30(31,32)33)4-3-13-34-28)9-12-24(26)29(37-27)35-23-10-7-21(8-11-23)20-5-6-20/h3-4,7-14,18-20H,5-6,15-17H2,1-2H3,(H,35,36,37). The van der Waals surface area contributed by atoms with E-state index in [9.17, 15) is 13.2 Å². The Labute approximate surface area is 225 Å². The van der Waals surface area contributed by atoms with E-state index >= 15 is 0 Å². The van der Waals surface area contributed by atoms with Gasteiger partial charge in [0.25, 0.3) is 0 Å². The largest absolute Gasteiger partial charge is 0.418 e. The highest BCUT2D eigenvalue weighted by atomic mass is 19.4. The van der Waals surface area contributed by atoms with Crippen LogP contribution >= 0.6 is 0 Å². The van der Waals surface area contributed by atoms with E-state index in [2.05, 4.69) is 27.3 Å². The number of anilines is 2. The number of aromatic nitrogens is 3. The first-order valence-corrected chi connectivity index (χ1v) is 13.3. The van der Waals surface area contributed by atoms with Crippen LogP contribution in [0.3, 0.4) is 0 Å². The molecule has 1 aliphatic heterocycles. The molecular weight excluding hydrogens is 503 g/mol. The van der Waals surface area contributed by atoms with Crippen molar-refractivity contribution in [3.63, 3.8) is 0 Å². The van der Waals surface area contributed by atoms with E-state index in [0.29, 0.717) is 35.2 Å². The topological polar surface area (TPSA) is 63.2 Å². The van der Waals surface area contributed by atoms with Gasteiger partial charge in [-0.25, -0.2) is 9.97 Å². The highest BCUT2D eigenvalue weighted by Gasteiger charge is 2.34. The Balaban J connectivity index is 1.40. The molecule has 2 aromatic carbocycles. The maximum absolute atomic E-state index is 13.7. The molecule has 2 fully saturated rings. The summed E-state index contributed by atoms with van der Waals surface area (Å²) in [5, 5.41) is 4.16. The van der Waals surface area contributed by atoms with Gasteiger partial charge in [0.2, 0.25) is 0 Å². The summed E-state index contributed by atoms with van der Waals surface area (Å²) in [6, 6.07) is 15.8. The van der Waals surface area contributed by atoms with Crippen LogP contribution in [-0.4, -0.2) is 45.1 Å². The zero-order chi connectivity index (χ0) is 27.1. The van der Waals surface area contributed by atoms with Gasteiger partial charge in [0.15, 0.2) is 0 Å². The predicted octanol–water partition coefficient (Wildman–Crippen LogP) is 6.94. The molecule has 39 heavy (non-hydrogen) atoms. The molecule has 1 aliphatic carbocycles. The van der Waals surface area contributed by atoms with Crippen LogP contribution in [0.2, 0.25) is 0 Å². The molecule has 0 amide bonds. The third-order valence-electron chi connectivity index (χ3n) is 7.21. The number of rotatable bonds is 6. The first-order valence-electron chi connectivity index (χ1n) is 13.3. The minimum atomic E-state index is -4.52. The summed E-state index contributed by atoms with van der Waals surface area (Å²) in [7, 11) is 0. The second kappa shape index (κ2) is 10.2. The minimum absolute atomic E-state index is 0.0910. The van der Waals surface area contributed by atoms with Crippen molar-refractivity contribution in [3.8, 4) is 11.3 Å². The van der Waals surface area contributed by atoms with Crippen molar-refractivity contribution in [2.24, 2.45) is 0 Å². The van der Waals surface area contributed by atoms with Crippen molar-refractivity contribution in [1.29, 1.82) is 0 Å². The lowest BCUT2D eigenvalue weighted by Crippen LogP contribution is -2.45. The summed E-state index contributed by atoms with van der Waals surface area (Å²) in [6.07, 6.45) is -0.487. The van der Waals surface area contributed by atoms with Crippen LogP contribution in [0.5, 0.6) is 0 Å². The number of alkyl halides is 3. The van der Waals surface area contributed by atoms with Crippen molar-refractivity contribution < 1.29 is 17.9 Å². The Hall–Kier alpha value is -3.56. The Bertz CT molecular complexity index is 1480. The second-order valence-corrected chi connectivity index (χ2v) is 10.6. The maximum atomic E-state index is 13.7. The fraction of sp³-hybridized carbons (Fsp3) is 0.367. The Morgan fingerprint density at radius 1 is 0.974 bits per heavy atom. The fourth-order valence-corrected chi connectivity index (χ4v) is 5.36. The van der Waals surface area contributed by atoms with Gasteiger partial charge in [0.05, 0.1) is 35.5 Å². The number of hydrogen-bond acceptors (Lipinski definition) is 6. The zero-order valence-electron chi connectivity index (χ0n) is 21.9. The first kappa shape index (κ1) is 25.7. The molecule has 0 spiro atoms. The molecule has 6 nitrogen and oxygen atoms in total. The number of ether oxygens (including phenoxy) is 1. The summed E-state index contributed by atoms with van der Waals surface area (Å²) < 4.78 is 47.1. The molecule has 2 aromatic heterocycles. The summed E-state index contributed by atoms with van der Waals surface area (Å²) in [5.74, 6) is 1.87. The number of morpholine rings is 1. The molecular formula is C30H30F3N5O. The summed E-state index contributed by atoms with van der Waals surface area (Å²) in [5.41, 5.74) is 2.25. The number of halogens is 3. The number of nitrogens with zero attached hydrogens (tertiary/aromatic N) is 4. The van der Waals surface area contributed by atoms with Crippen molar-refractivity contribution in [2.45, 2.75) is 57.5 Å². The second-order valence-electron chi connectivity index (χ2n) is 10.6. The SMILES string of the molecule is CC1CN(Cc2nc(Nc3ccc(C4CC4)cc3)c3ccc(-c4ncccc4C(F)(F)F)cc3n2)CC(C)O1. The molecule has 0 radical (unpaired) electrons. The molecule has 0 bridgehead atoms. The predicted molar refractivity (Wildman–Crippen MR) is 145 cm³/mol. The Morgan fingerprint density at radius 2 is 1.72 bits per heavy atom. The van der Waals surface area contributed by atoms with Crippen LogP contribution in [0.25, 0.3) is 22.2 Å². The smallest absolute Gasteiger partial charge is 0.373 e. The molecule has 1 saturated heterocycles. The number of nitrogens with one attached hydrogen (secondary N) is 1. The van der Waals surface area contributed by atoms with Crippen molar-refractivity contribution in [1.82, 2.24) is 19.9 Å². The molecule has 2 aliphatic rings. The Kier molecular flexibility index (Phi) is 6.72. The van der Waals surface area contributed by atoms with Crippen LogP contribution in [0.4, 0.5) is 24.7 Å². The van der Waals surface area contributed by atoms with E-state index in [1.807, 2.05) is 26.0 Å². The fourth-order valence-electron chi connectivity index (χ4n) is 5.36. The van der Waals surface area contributed by atoms with Crippen LogP contribution in [0.15, 0.2) is 60.8 Å². The van der Waals surface area contributed by atoms with Gasteiger partial charge in [-0.1, -0.05) is 18.2 Å². The third-order valence-corrected chi connectivity index (χ3v) is 7.21. The van der Waals surface area contributed by atoms with E-state index in [1.54, 1.807) is 18.2 Å². The summed E-state index contributed by atoms with van der Waals surface area (Å²) in [6.45, 7) is 6.09. The number of fused-ring (bicyclic) bond motifs is 1. The van der Waals surface area contributed by atoms with Crippen molar-refractivity contribution >= 4 is 22.4 Å². The summed E-state index contributed by atoms with van der Waals surface area (Å²) >= 11 is 0. The van der Waals surface area contributed by atoms with Gasteiger partial charge < -0.3 is 10.1 Å². The molecule has 3 heterocycles. The molecule has 1 N–H and O–H groups in total. The number of pyridine rings is 1. The van der Waals surface area contributed by atoms with E-state index < -0.39 is 11.7 Å². The van der Waals surface area contributed by atoms with E-state index in [0.717, 1.165) is 30.2 Å². The average Bonchev–Trinajstić information content (AvgIpc) is 3.73. The van der Waals surface area contributed by atoms with E-state index in [-0.39, 0.29) is 17.9 Å². The monoisotopic (exact) mass is 533 g/mol. The minimum Gasteiger partial charge on any atom is -0.373 e. The number of benzene rings is 2. The van der Waals surface area contributed by atoms with E-state index in [1.165, 1.54) is 30.7 Å². The van der Waals surface area contributed by atoms with Crippen molar-refractivity contribution in [2.75, 3.05) is 18.4 Å². The lowest BCUT2D eigenvalue weighted by atomic mass is 10.0. The van der Waals surface area contributed by atoms with Crippen LogP contribution in [0.1, 0.15) is 49.6 Å². The first-order chi connectivity index (χ1) is 18.7. The van der Waals surface area contributed by atoms with Gasteiger partial charge in [0.1, 0.15) is 11.6 Å². The average molecular weight is 534 g/mol. The normalized spacial score (nSPS) is 20.3. The molecule has 6 rings (SSSR count). The van der Waals surface area contributed by atoms with Crippen molar-refractivity contribution in [3.05, 3.63) is 77.7 Å². The van der Waals surface area contributed by atoms with E-state index in [4.69, 9.17) is 14.7 Å². The summed E-state index contributed by atoms with van der Waals surface area (Å²) in [4.78, 5) is 16.0. The van der Waals surface area contributed by atoms with Crippen LogP contribution < -0.4 is 5.32 Å². The van der Waals surface area contributed by atoms with Gasteiger partial charge in [-0.2, -0.15) is 13.2 Å². The highest BCUT2D eigenvalue weighted by molar-refractivity contribution is 5.93. The van der Waals surface area contributed by atoms with Gasteiger partial charge >= 0.3 is 6.18 Å². The van der Waals surface area contributed by atoms with Gasteiger partial charge in [0, 0.05) is 35.9 Å². The molecule has 9 heteroatoms. The quantitative estimate of drug-likeness (QED) is 0.290.